The molecule has 0 saturated carbocycles. The van der Waals surface area contributed by atoms with Gasteiger partial charge in [-0.2, -0.15) is 0 Å². The van der Waals surface area contributed by atoms with Crippen molar-refractivity contribution < 1.29 is 14.3 Å². The lowest BCUT2D eigenvalue weighted by atomic mass is 10.1. The van der Waals surface area contributed by atoms with Gasteiger partial charge in [-0.1, -0.05) is 41.9 Å². The first-order valence-electron chi connectivity index (χ1n) is 9.74. The number of benzene rings is 3. The maximum atomic E-state index is 12.8. The number of halogens is 1. The zero-order valence-corrected chi connectivity index (χ0v) is 18.1. The smallest absolute Gasteiger partial charge is 0.262 e. The summed E-state index contributed by atoms with van der Waals surface area (Å²) >= 11 is 5.84. The molecule has 0 spiro atoms. The minimum atomic E-state index is -0.330. The minimum absolute atomic E-state index is 0.160. The first kappa shape index (κ1) is 22.2. The van der Waals surface area contributed by atoms with Crippen molar-refractivity contribution in [3.05, 3.63) is 88.9 Å². The standard InChI is InChI=1S/C24H24ClN3O3/c1-28(2)22-13-10-19(27-23(29)16-31-20-11-8-18(25)9-12-20)14-21(22)24(30)26-15-17-6-4-3-5-7-17/h3-14H,15-16H2,1-2H3,(H,26,30)(H,27,29). The van der Waals surface area contributed by atoms with E-state index in [9.17, 15) is 9.59 Å². The average molecular weight is 438 g/mol. The number of ether oxygens (including phenoxy) is 1. The van der Waals surface area contributed by atoms with E-state index < -0.39 is 0 Å². The number of hydrogen-bond donors (Lipinski definition) is 2. The fourth-order valence-electron chi connectivity index (χ4n) is 2.94. The SMILES string of the molecule is CN(C)c1ccc(NC(=O)COc2ccc(Cl)cc2)cc1C(=O)NCc1ccccc1. The predicted molar refractivity (Wildman–Crippen MR) is 124 cm³/mol. The number of anilines is 2. The molecule has 0 aliphatic rings. The first-order chi connectivity index (χ1) is 14.9. The van der Waals surface area contributed by atoms with Crippen LogP contribution in [0.2, 0.25) is 5.02 Å². The summed E-state index contributed by atoms with van der Waals surface area (Å²) in [7, 11) is 3.73. The molecule has 160 valence electrons. The molecule has 3 rings (SSSR count). The lowest BCUT2D eigenvalue weighted by molar-refractivity contribution is -0.118. The van der Waals surface area contributed by atoms with Crippen LogP contribution in [0.5, 0.6) is 5.75 Å². The van der Waals surface area contributed by atoms with Crippen molar-refractivity contribution in [2.75, 3.05) is 30.9 Å². The van der Waals surface area contributed by atoms with Crippen LogP contribution in [-0.2, 0) is 11.3 Å². The molecule has 0 radical (unpaired) electrons. The van der Waals surface area contributed by atoms with Crippen LogP contribution >= 0.6 is 11.6 Å². The van der Waals surface area contributed by atoms with Gasteiger partial charge < -0.3 is 20.3 Å². The Balaban J connectivity index is 1.66. The molecule has 0 aromatic heterocycles. The van der Waals surface area contributed by atoms with Crippen LogP contribution in [0.25, 0.3) is 0 Å². The van der Waals surface area contributed by atoms with Crippen molar-refractivity contribution in [3.8, 4) is 5.75 Å². The van der Waals surface area contributed by atoms with E-state index in [1.807, 2.05) is 49.3 Å². The predicted octanol–water partition coefficient (Wildman–Crippen LogP) is 4.35. The molecule has 2 N–H and O–H groups in total. The molecule has 0 unspecified atom stereocenters. The van der Waals surface area contributed by atoms with E-state index in [1.165, 1.54) is 0 Å². The quantitative estimate of drug-likeness (QED) is 0.549. The van der Waals surface area contributed by atoms with E-state index >= 15 is 0 Å². The van der Waals surface area contributed by atoms with Crippen LogP contribution in [-0.4, -0.2) is 32.5 Å². The van der Waals surface area contributed by atoms with E-state index in [0.717, 1.165) is 11.3 Å². The molecule has 6 nitrogen and oxygen atoms in total. The second-order valence-electron chi connectivity index (χ2n) is 7.09. The topological polar surface area (TPSA) is 70.7 Å². The van der Waals surface area contributed by atoms with E-state index in [2.05, 4.69) is 10.6 Å². The summed E-state index contributed by atoms with van der Waals surface area (Å²) in [5, 5.41) is 6.29. The van der Waals surface area contributed by atoms with Crippen molar-refractivity contribution in [1.82, 2.24) is 5.32 Å². The van der Waals surface area contributed by atoms with Gasteiger partial charge in [0.1, 0.15) is 5.75 Å². The lowest BCUT2D eigenvalue weighted by Gasteiger charge is -2.18. The third-order valence-corrected chi connectivity index (χ3v) is 4.74. The van der Waals surface area contributed by atoms with Gasteiger partial charge in [-0.3, -0.25) is 9.59 Å². The summed E-state index contributed by atoms with van der Waals surface area (Å²) < 4.78 is 5.46. The first-order valence-corrected chi connectivity index (χ1v) is 10.1. The van der Waals surface area contributed by atoms with Crippen LogP contribution in [0.4, 0.5) is 11.4 Å². The maximum absolute atomic E-state index is 12.8. The van der Waals surface area contributed by atoms with Gasteiger partial charge in [0, 0.05) is 37.0 Å². The molecule has 0 aliphatic heterocycles. The molecule has 0 heterocycles. The van der Waals surface area contributed by atoms with Gasteiger partial charge in [-0.15, -0.1) is 0 Å². The normalized spacial score (nSPS) is 10.3. The zero-order valence-electron chi connectivity index (χ0n) is 17.4. The number of carbonyl (C=O) groups is 2. The molecule has 7 heteroatoms. The van der Waals surface area contributed by atoms with Gasteiger partial charge >= 0.3 is 0 Å². The molecule has 0 bridgehead atoms. The third-order valence-electron chi connectivity index (χ3n) is 4.49. The fourth-order valence-corrected chi connectivity index (χ4v) is 3.06. The molecule has 0 fully saturated rings. The molecule has 3 aromatic rings. The molecule has 3 aromatic carbocycles. The van der Waals surface area contributed by atoms with Crippen LogP contribution in [0, 0.1) is 0 Å². The van der Waals surface area contributed by atoms with Gasteiger partial charge in [-0.25, -0.2) is 0 Å². The zero-order chi connectivity index (χ0) is 22.2. The Hall–Kier alpha value is -3.51. The molecule has 31 heavy (non-hydrogen) atoms. The van der Waals surface area contributed by atoms with E-state index in [0.29, 0.717) is 28.6 Å². The number of nitrogens with zero attached hydrogens (tertiary/aromatic N) is 1. The highest BCUT2D eigenvalue weighted by Crippen LogP contribution is 2.23. The van der Waals surface area contributed by atoms with E-state index in [1.54, 1.807) is 42.5 Å². The van der Waals surface area contributed by atoms with Gasteiger partial charge in [0.2, 0.25) is 0 Å². The summed E-state index contributed by atoms with van der Waals surface area (Å²) in [4.78, 5) is 27.0. The van der Waals surface area contributed by atoms with Crippen LogP contribution in [0.15, 0.2) is 72.8 Å². The second-order valence-corrected chi connectivity index (χ2v) is 7.52. The van der Waals surface area contributed by atoms with Gasteiger partial charge in [0.25, 0.3) is 11.8 Å². The molecule has 0 atom stereocenters. The molecule has 0 aliphatic carbocycles. The average Bonchev–Trinajstić information content (AvgIpc) is 2.77. The summed E-state index contributed by atoms with van der Waals surface area (Å²) in [6.07, 6.45) is 0. The third kappa shape index (κ3) is 6.49. The van der Waals surface area contributed by atoms with Gasteiger partial charge in [0.15, 0.2) is 6.61 Å². The van der Waals surface area contributed by atoms with Crippen LogP contribution in [0.1, 0.15) is 15.9 Å². The molecule has 0 saturated heterocycles. The number of carbonyl (C=O) groups excluding carboxylic acids is 2. The Kier molecular flexibility index (Phi) is 7.51. The number of rotatable bonds is 8. The van der Waals surface area contributed by atoms with Crippen molar-refractivity contribution in [1.29, 1.82) is 0 Å². The lowest BCUT2D eigenvalue weighted by Crippen LogP contribution is -2.26. The van der Waals surface area contributed by atoms with Crippen molar-refractivity contribution in [2.45, 2.75) is 6.54 Å². The Morgan fingerprint density at radius 1 is 0.968 bits per heavy atom. The number of nitrogens with one attached hydrogen (secondary N) is 2. The van der Waals surface area contributed by atoms with Crippen molar-refractivity contribution in [3.63, 3.8) is 0 Å². The highest BCUT2D eigenvalue weighted by Gasteiger charge is 2.15. The monoisotopic (exact) mass is 437 g/mol. The molecule has 2 amide bonds. The minimum Gasteiger partial charge on any atom is -0.484 e. The summed E-state index contributed by atoms with van der Waals surface area (Å²) in [6.45, 7) is 0.255. The number of hydrogen-bond acceptors (Lipinski definition) is 4. The Labute approximate surface area is 186 Å². The van der Waals surface area contributed by atoms with Gasteiger partial charge in [-0.05, 0) is 48.0 Å². The van der Waals surface area contributed by atoms with Crippen molar-refractivity contribution >= 4 is 34.8 Å². The van der Waals surface area contributed by atoms with E-state index in [-0.39, 0.29) is 18.4 Å². The largest absolute Gasteiger partial charge is 0.484 e. The summed E-state index contributed by atoms with van der Waals surface area (Å²) in [5.74, 6) is -0.00672. The maximum Gasteiger partial charge on any atom is 0.262 e. The Bertz CT molecular complexity index is 1040. The van der Waals surface area contributed by atoms with E-state index in [4.69, 9.17) is 16.3 Å². The highest BCUT2D eigenvalue weighted by molar-refractivity contribution is 6.30. The fraction of sp³-hybridized carbons (Fsp3) is 0.167. The van der Waals surface area contributed by atoms with Gasteiger partial charge in [0.05, 0.1) is 5.56 Å². The molecular weight excluding hydrogens is 414 g/mol. The Morgan fingerprint density at radius 3 is 2.35 bits per heavy atom. The van der Waals surface area contributed by atoms with Crippen molar-refractivity contribution in [2.24, 2.45) is 0 Å². The van der Waals surface area contributed by atoms with Crippen LogP contribution < -0.4 is 20.3 Å². The second kappa shape index (κ2) is 10.5. The Morgan fingerprint density at radius 2 is 1.68 bits per heavy atom. The number of amides is 2. The summed E-state index contributed by atoms with van der Waals surface area (Å²) in [6, 6.07) is 21.7. The van der Waals surface area contributed by atoms with Crippen LogP contribution in [0.3, 0.4) is 0 Å². The summed E-state index contributed by atoms with van der Waals surface area (Å²) in [5.41, 5.74) is 2.74. The highest BCUT2D eigenvalue weighted by atomic mass is 35.5. The molecular formula is C24H24ClN3O3.